The maximum atomic E-state index is 11.4. The smallest absolute Gasteiger partial charge is 0.221 e. The normalized spacial score (nSPS) is 9.79. The number of nitrogens with two attached hydrogens (primary N) is 1. The molecular formula is C14H23ClN2O2. The Balaban J connectivity index is 0.00000324. The van der Waals surface area contributed by atoms with E-state index in [2.05, 4.69) is 12.2 Å². The van der Waals surface area contributed by atoms with Crippen LogP contribution in [0.2, 0.25) is 0 Å². The van der Waals surface area contributed by atoms with Gasteiger partial charge in [-0.3, -0.25) is 4.79 Å². The van der Waals surface area contributed by atoms with Crippen LogP contribution in [0.25, 0.3) is 0 Å². The van der Waals surface area contributed by atoms with Gasteiger partial charge in [0.1, 0.15) is 0 Å². The summed E-state index contributed by atoms with van der Waals surface area (Å²) in [6.07, 6.45) is 1.38. The number of hydrogen-bond acceptors (Lipinski definition) is 3. The molecule has 0 bridgehead atoms. The number of rotatable bonds is 8. The lowest BCUT2D eigenvalue weighted by Gasteiger charge is -2.10. The first-order valence-electron chi connectivity index (χ1n) is 6.39. The first-order valence-corrected chi connectivity index (χ1v) is 6.39. The van der Waals surface area contributed by atoms with Crippen LogP contribution in [0.15, 0.2) is 24.3 Å². The van der Waals surface area contributed by atoms with Gasteiger partial charge in [-0.05, 0) is 17.5 Å². The summed E-state index contributed by atoms with van der Waals surface area (Å²) in [6, 6.07) is 7.98. The van der Waals surface area contributed by atoms with Crippen molar-refractivity contribution in [2.45, 2.75) is 32.9 Å². The molecule has 0 atom stereocenters. The molecule has 5 heteroatoms. The summed E-state index contributed by atoms with van der Waals surface area (Å²) in [5, 5.41) is 2.86. The standard InChI is InChI=1S/C14H22N2O2.ClH/c1-2-9-18-11-13-6-4-3-5-12(13)10-16-14(17)7-8-15;/h3-6H,2,7-11,15H2,1H3,(H,16,17);1H. The minimum absolute atomic E-state index is 0. The molecule has 0 saturated heterocycles. The van der Waals surface area contributed by atoms with Crippen molar-refractivity contribution in [3.63, 3.8) is 0 Å². The third-order valence-corrected chi connectivity index (χ3v) is 2.57. The maximum Gasteiger partial charge on any atom is 0.221 e. The van der Waals surface area contributed by atoms with Gasteiger partial charge in [0, 0.05) is 26.1 Å². The van der Waals surface area contributed by atoms with E-state index in [0.717, 1.165) is 24.2 Å². The highest BCUT2D eigenvalue weighted by molar-refractivity contribution is 5.85. The van der Waals surface area contributed by atoms with Crippen LogP contribution in [0.3, 0.4) is 0 Å². The highest BCUT2D eigenvalue weighted by Crippen LogP contribution is 2.10. The van der Waals surface area contributed by atoms with Gasteiger partial charge in [0.25, 0.3) is 0 Å². The number of nitrogens with one attached hydrogen (secondary N) is 1. The van der Waals surface area contributed by atoms with Crippen LogP contribution in [0.4, 0.5) is 0 Å². The van der Waals surface area contributed by atoms with Gasteiger partial charge in [0.05, 0.1) is 6.61 Å². The number of halogens is 1. The third-order valence-electron chi connectivity index (χ3n) is 2.57. The summed E-state index contributed by atoms with van der Waals surface area (Å²) in [5.41, 5.74) is 7.55. The van der Waals surface area contributed by atoms with E-state index in [0.29, 0.717) is 26.1 Å². The molecule has 0 unspecified atom stereocenters. The monoisotopic (exact) mass is 286 g/mol. The number of amides is 1. The molecule has 4 nitrogen and oxygen atoms in total. The number of ether oxygens (including phenoxy) is 1. The molecule has 0 aromatic heterocycles. The van der Waals surface area contributed by atoms with Gasteiger partial charge in [-0.15, -0.1) is 12.4 Å². The Morgan fingerprint density at radius 1 is 1.32 bits per heavy atom. The molecule has 1 rings (SSSR count). The summed E-state index contributed by atoms with van der Waals surface area (Å²) in [7, 11) is 0. The van der Waals surface area contributed by atoms with Crippen LogP contribution in [0.1, 0.15) is 30.9 Å². The fourth-order valence-electron chi connectivity index (χ4n) is 1.61. The van der Waals surface area contributed by atoms with Crippen molar-refractivity contribution in [1.82, 2.24) is 5.32 Å². The minimum Gasteiger partial charge on any atom is -0.377 e. The second-order valence-electron chi connectivity index (χ2n) is 4.14. The molecule has 19 heavy (non-hydrogen) atoms. The Labute approximate surface area is 121 Å². The molecule has 1 aromatic carbocycles. The largest absolute Gasteiger partial charge is 0.377 e. The molecular weight excluding hydrogens is 264 g/mol. The molecule has 0 fully saturated rings. The Hall–Kier alpha value is -1.10. The topological polar surface area (TPSA) is 64.3 Å². The van der Waals surface area contributed by atoms with Gasteiger partial charge in [-0.2, -0.15) is 0 Å². The first-order chi connectivity index (χ1) is 8.77. The van der Waals surface area contributed by atoms with E-state index in [1.54, 1.807) is 0 Å². The van der Waals surface area contributed by atoms with E-state index in [1.165, 1.54) is 0 Å². The number of benzene rings is 1. The first kappa shape index (κ1) is 17.9. The predicted molar refractivity (Wildman–Crippen MR) is 79.2 cm³/mol. The Bertz CT molecular complexity index is 372. The van der Waals surface area contributed by atoms with Crippen molar-refractivity contribution < 1.29 is 9.53 Å². The van der Waals surface area contributed by atoms with Crippen molar-refractivity contribution in [1.29, 1.82) is 0 Å². The number of hydrogen-bond donors (Lipinski definition) is 2. The molecule has 3 N–H and O–H groups in total. The molecule has 0 heterocycles. The Morgan fingerprint density at radius 3 is 2.63 bits per heavy atom. The lowest BCUT2D eigenvalue weighted by Crippen LogP contribution is -2.25. The summed E-state index contributed by atoms with van der Waals surface area (Å²) in [5.74, 6) is -0.0122. The van der Waals surface area contributed by atoms with E-state index < -0.39 is 0 Å². The van der Waals surface area contributed by atoms with Crippen LogP contribution in [0.5, 0.6) is 0 Å². The highest BCUT2D eigenvalue weighted by Gasteiger charge is 2.04. The van der Waals surface area contributed by atoms with Crippen LogP contribution >= 0.6 is 12.4 Å². The average molecular weight is 287 g/mol. The van der Waals surface area contributed by atoms with E-state index in [1.807, 2.05) is 24.3 Å². The van der Waals surface area contributed by atoms with Crippen molar-refractivity contribution in [2.24, 2.45) is 5.73 Å². The van der Waals surface area contributed by atoms with E-state index in [9.17, 15) is 4.79 Å². The van der Waals surface area contributed by atoms with Crippen molar-refractivity contribution >= 4 is 18.3 Å². The van der Waals surface area contributed by atoms with E-state index >= 15 is 0 Å². The summed E-state index contributed by atoms with van der Waals surface area (Å²) < 4.78 is 5.53. The van der Waals surface area contributed by atoms with Crippen molar-refractivity contribution in [2.75, 3.05) is 13.2 Å². The van der Waals surface area contributed by atoms with E-state index in [4.69, 9.17) is 10.5 Å². The molecule has 0 spiro atoms. The fourth-order valence-corrected chi connectivity index (χ4v) is 1.61. The lowest BCUT2D eigenvalue weighted by molar-refractivity contribution is -0.121. The van der Waals surface area contributed by atoms with Crippen LogP contribution in [-0.2, 0) is 22.7 Å². The van der Waals surface area contributed by atoms with Crippen molar-refractivity contribution in [3.05, 3.63) is 35.4 Å². The number of carbonyl (C=O) groups is 1. The van der Waals surface area contributed by atoms with Gasteiger partial charge in [-0.25, -0.2) is 0 Å². The number of carbonyl (C=O) groups excluding carboxylic acids is 1. The SMILES string of the molecule is CCCOCc1ccccc1CNC(=O)CCN.Cl. The zero-order valence-corrected chi connectivity index (χ0v) is 12.2. The van der Waals surface area contributed by atoms with Crippen LogP contribution in [-0.4, -0.2) is 19.1 Å². The second-order valence-corrected chi connectivity index (χ2v) is 4.14. The lowest BCUT2D eigenvalue weighted by atomic mass is 10.1. The quantitative estimate of drug-likeness (QED) is 0.719. The third kappa shape index (κ3) is 7.15. The summed E-state index contributed by atoms with van der Waals surface area (Å²) >= 11 is 0. The van der Waals surface area contributed by atoms with Gasteiger partial charge >= 0.3 is 0 Å². The molecule has 0 radical (unpaired) electrons. The highest BCUT2D eigenvalue weighted by atomic mass is 35.5. The molecule has 0 aliphatic heterocycles. The van der Waals surface area contributed by atoms with Gasteiger partial charge < -0.3 is 15.8 Å². The molecule has 0 aliphatic carbocycles. The molecule has 1 aromatic rings. The summed E-state index contributed by atoms with van der Waals surface area (Å²) in [4.78, 5) is 11.4. The summed E-state index contributed by atoms with van der Waals surface area (Å²) in [6.45, 7) is 4.35. The van der Waals surface area contributed by atoms with E-state index in [-0.39, 0.29) is 18.3 Å². The molecule has 0 saturated carbocycles. The average Bonchev–Trinajstić information content (AvgIpc) is 2.38. The van der Waals surface area contributed by atoms with Crippen molar-refractivity contribution in [3.8, 4) is 0 Å². The second kappa shape index (κ2) is 10.8. The fraction of sp³-hybridized carbons (Fsp3) is 0.500. The van der Waals surface area contributed by atoms with Gasteiger partial charge in [0.15, 0.2) is 0 Å². The van der Waals surface area contributed by atoms with Crippen LogP contribution in [0, 0.1) is 0 Å². The maximum absolute atomic E-state index is 11.4. The zero-order chi connectivity index (χ0) is 13.2. The van der Waals surface area contributed by atoms with Gasteiger partial charge in [0.2, 0.25) is 5.91 Å². The minimum atomic E-state index is -0.0122. The van der Waals surface area contributed by atoms with Crippen LogP contribution < -0.4 is 11.1 Å². The molecule has 1 amide bonds. The molecule has 0 aliphatic rings. The Morgan fingerprint density at radius 2 is 2.00 bits per heavy atom. The zero-order valence-electron chi connectivity index (χ0n) is 11.4. The van der Waals surface area contributed by atoms with Gasteiger partial charge in [-0.1, -0.05) is 31.2 Å². The predicted octanol–water partition coefficient (Wildman–Crippen LogP) is 2.00. The Kier molecular flexibility index (Phi) is 10.2. The molecule has 108 valence electrons.